The highest BCUT2D eigenvalue weighted by molar-refractivity contribution is 5.91. The Balaban J connectivity index is 1.84. The van der Waals surface area contributed by atoms with Gasteiger partial charge in [-0.2, -0.15) is 0 Å². The second-order valence-electron chi connectivity index (χ2n) is 6.86. The van der Waals surface area contributed by atoms with Crippen molar-refractivity contribution in [3.05, 3.63) is 58.6 Å². The molecule has 2 aromatic carbocycles. The van der Waals surface area contributed by atoms with Crippen LogP contribution in [0.25, 0.3) is 22.3 Å². The number of benzene rings is 2. The number of hydrogen-bond acceptors (Lipinski definition) is 5. The van der Waals surface area contributed by atoms with E-state index >= 15 is 0 Å². The molecular weight excluding hydrogens is 328 g/mol. The van der Waals surface area contributed by atoms with Crippen molar-refractivity contribution in [2.24, 2.45) is 5.92 Å². The molecule has 2 heterocycles. The maximum absolute atomic E-state index is 11.1. The summed E-state index contributed by atoms with van der Waals surface area (Å²) in [4.78, 5) is 22.5. The van der Waals surface area contributed by atoms with Gasteiger partial charge in [0.2, 0.25) is 0 Å². The van der Waals surface area contributed by atoms with Gasteiger partial charge in [-0.15, -0.1) is 0 Å². The number of fused-ring (bicyclic) bond motifs is 1. The molecule has 0 N–H and O–H groups in total. The van der Waals surface area contributed by atoms with E-state index in [1.165, 1.54) is 12.1 Å². The second-order valence-corrected chi connectivity index (χ2v) is 6.86. The molecule has 0 bridgehead atoms. The van der Waals surface area contributed by atoms with E-state index in [0.717, 1.165) is 48.6 Å². The highest BCUT2D eigenvalue weighted by Crippen LogP contribution is 2.31. The molecule has 6 nitrogen and oxygen atoms in total. The Morgan fingerprint density at radius 2 is 1.85 bits per heavy atom. The Kier molecular flexibility index (Phi) is 4.24. The predicted molar refractivity (Wildman–Crippen MR) is 102 cm³/mol. The Bertz CT molecular complexity index is 965. The lowest BCUT2D eigenvalue weighted by atomic mass is 9.99. The van der Waals surface area contributed by atoms with Crippen LogP contribution >= 0.6 is 0 Å². The molecule has 26 heavy (non-hydrogen) atoms. The van der Waals surface area contributed by atoms with Crippen molar-refractivity contribution in [1.29, 1.82) is 0 Å². The fourth-order valence-electron chi connectivity index (χ4n) is 3.41. The lowest BCUT2D eigenvalue weighted by Gasteiger charge is -2.32. The van der Waals surface area contributed by atoms with Gasteiger partial charge in [0.25, 0.3) is 5.69 Å². The number of piperidine rings is 1. The van der Waals surface area contributed by atoms with Crippen molar-refractivity contribution >= 4 is 22.4 Å². The number of non-ortho nitro benzene ring substituents is 1. The van der Waals surface area contributed by atoms with Crippen LogP contribution in [0.1, 0.15) is 19.8 Å². The number of nitrogens with zero attached hydrogens (tertiary/aromatic N) is 4. The summed E-state index contributed by atoms with van der Waals surface area (Å²) in [6.45, 7) is 4.22. The number of hydrogen-bond donors (Lipinski definition) is 0. The molecule has 6 heteroatoms. The highest BCUT2D eigenvalue weighted by Gasteiger charge is 2.20. The summed E-state index contributed by atoms with van der Waals surface area (Å²) in [7, 11) is 0. The second kappa shape index (κ2) is 6.71. The zero-order valence-electron chi connectivity index (χ0n) is 14.6. The van der Waals surface area contributed by atoms with Crippen molar-refractivity contribution < 1.29 is 4.92 Å². The van der Waals surface area contributed by atoms with Crippen molar-refractivity contribution in [1.82, 2.24) is 9.97 Å². The van der Waals surface area contributed by atoms with Crippen LogP contribution in [0.4, 0.5) is 11.5 Å². The van der Waals surface area contributed by atoms with Crippen LogP contribution in [0.5, 0.6) is 0 Å². The summed E-state index contributed by atoms with van der Waals surface area (Å²) >= 11 is 0. The van der Waals surface area contributed by atoms with Crippen molar-refractivity contribution in [2.45, 2.75) is 19.8 Å². The van der Waals surface area contributed by atoms with E-state index in [-0.39, 0.29) is 5.69 Å². The van der Waals surface area contributed by atoms with E-state index in [4.69, 9.17) is 4.98 Å². The molecule has 0 radical (unpaired) electrons. The standard InChI is InChI=1S/C20H20N4O2/c1-14-9-11-23(12-10-14)20-17-7-2-3-8-18(17)21-19(22-20)15-5-4-6-16(13-15)24(25)26/h2-8,13-14H,9-12H2,1H3. The third kappa shape index (κ3) is 3.10. The Morgan fingerprint density at radius 1 is 1.08 bits per heavy atom. The number of rotatable bonds is 3. The Hall–Kier alpha value is -3.02. The molecular formula is C20H20N4O2. The smallest absolute Gasteiger partial charge is 0.270 e. The number of para-hydroxylation sites is 1. The molecule has 1 aromatic heterocycles. The van der Waals surface area contributed by atoms with Gasteiger partial charge in [-0.25, -0.2) is 9.97 Å². The van der Waals surface area contributed by atoms with Gasteiger partial charge < -0.3 is 4.90 Å². The van der Waals surface area contributed by atoms with Gasteiger partial charge in [-0.05, 0) is 30.9 Å². The lowest BCUT2D eigenvalue weighted by Crippen LogP contribution is -2.33. The number of nitro groups is 1. The van der Waals surface area contributed by atoms with Gasteiger partial charge in [0.05, 0.1) is 10.4 Å². The van der Waals surface area contributed by atoms with Gasteiger partial charge in [-0.3, -0.25) is 10.1 Å². The zero-order chi connectivity index (χ0) is 18.1. The first-order valence-corrected chi connectivity index (χ1v) is 8.88. The monoisotopic (exact) mass is 348 g/mol. The molecule has 3 aromatic rings. The Labute approximate surface area is 151 Å². The minimum absolute atomic E-state index is 0.0487. The van der Waals surface area contributed by atoms with Crippen molar-refractivity contribution in [2.75, 3.05) is 18.0 Å². The Morgan fingerprint density at radius 3 is 2.62 bits per heavy atom. The third-order valence-corrected chi connectivity index (χ3v) is 4.98. The molecule has 1 aliphatic rings. The third-order valence-electron chi connectivity index (χ3n) is 4.98. The number of aromatic nitrogens is 2. The molecule has 0 saturated carbocycles. The highest BCUT2D eigenvalue weighted by atomic mass is 16.6. The first-order chi connectivity index (χ1) is 12.6. The van der Waals surface area contributed by atoms with E-state index in [1.807, 2.05) is 30.3 Å². The van der Waals surface area contributed by atoms with Crippen LogP contribution < -0.4 is 4.90 Å². The minimum Gasteiger partial charge on any atom is -0.356 e. The minimum atomic E-state index is -0.391. The van der Waals surface area contributed by atoms with E-state index < -0.39 is 4.92 Å². The van der Waals surface area contributed by atoms with Gasteiger partial charge in [-0.1, -0.05) is 31.2 Å². The molecule has 0 aliphatic carbocycles. The first-order valence-electron chi connectivity index (χ1n) is 8.88. The van der Waals surface area contributed by atoms with E-state index in [2.05, 4.69) is 16.8 Å². The SMILES string of the molecule is CC1CCN(c2nc(-c3cccc([N+](=O)[O-])c3)nc3ccccc23)CC1. The topological polar surface area (TPSA) is 72.2 Å². The summed E-state index contributed by atoms with van der Waals surface area (Å²) in [6, 6.07) is 14.5. The van der Waals surface area contributed by atoms with Crippen LogP contribution in [0, 0.1) is 16.0 Å². The fraction of sp³-hybridized carbons (Fsp3) is 0.300. The maximum atomic E-state index is 11.1. The predicted octanol–water partition coefficient (Wildman–Crippen LogP) is 4.44. The molecule has 4 rings (SSSR count). The molecule has 0 spiro atoms. The van der Waals surface area contributed by atoms with Crippen LogP contribution in [0.2, 0.25) is 0 Å². The van der Waals surface area contributed by atoms with Gasteiger partial charge in [0, 0.05) is 36.2 Å². The summed E-state index contributed by atoms with van der Waals surface area (Å²) in [5.41, 5.74) is 1.57. The van der Waals surface area contributed by atoms with Crippen LogP contribution in [-0.2, 0) is 0 Å². The molecule has 0 amide bonds. The largest absolute Gasteiger partial charge is 0.356 e. The fourth-order valence-corrected chi connectivity index (χ4v) is 3.41. The van der Waals surface area contributed by atoms with E-state index in [1.54, 1.807) is 6.07 Å². The summed E-state index contributed by atoms with van der Waals surface area (Å²) < 4.78 is 0. The van der Waals surface area contributed by atoms with Gasteiger partial charge >= 0.3 is 0 Å². The average molecular weight is 348 g/mol. The normalized spacial score (nSPS) is 15.3. The maximum Gasteiger partial charge on any atom is 0.270 e. The summed E-state index contributed by atoms with van der Waals surface area (Å²) in [6.07, 6.45) is 2.29. The zero-order valence-corrected chi connectivity index (χ0v) is 14.6. The van der Waals surface area contributed by atoms with Crippen LogP contribution in [0.3, 0.4) is 0 Å². The molecule has 1 saturated heterocycles. The number of anilines is 1. The molecule has 1 aliphatic heterocycles. The first kappa shape index (κ1) is 16.4. The molecule has 0 unspecified atom stereocenters. The molecule has 132 valence electrons. The molecule has 0 atom stereocenters. The van der Waals surface area contributed by atoms with Crippen LogP contribution in [0.15, 0.2) is 48.5 Å². The summed E-state index contributed by atoms with van der Waals surface area (Å²) in [5, 5.41) is 12.1. The van der Waals surface area contributed by atoms with Gasteiger partial charge in [0.15, 0.2) is 5.82 Å². The average Bonchev–Trinajstić information content (AvgIpc) is 2.68. The van der Waals surface area contributed by atoms with Gasteiger partial charge in [0.1, 0.15) is 5.82 Å². The van der Waals surface area contributed by atoms with Crippen molar-refractivity contribution in [3.63, 3.8) is 0 Å². The number of nitro benzene ring substituents is 1. The van der Waals surface area contributed by atoms with E-state index in [9.17, 15) is 10.1 Å². The van der Waals surface area contributed by atoms with E-state index in [0.29, 0.717) is 11.4 Å². The van der Waals surface area contributed by atoms with Crippen molar-refractivity contribution in [3.8, 4) is 11.4 Å². The summed E-state index contributed by atoms with van der Waals surface area (Å²) in [5.74, 6) is 2.18. The quantitative estimate of drug-likeness (QED) is 0.517. The molecule has 1 fully saturated rings. The van der Waals surface area contributed by atoms with Crippen LogP contribution in [-0.4, -0.2) is 28.0 Å². The lowest BCUT2D eigenvalue weighted by molar-refractivity contribution is -0.384.